The van der Waals surface area contributed by atoms with Crippen LogP contribution >= 0.6 is 0 Å². The van der Waals surface area contributed by atoms with E-state index in [1.54, 1.807) is 43.3 Å². The molecule has 19 heavy (non-hydrogen) atoms. The van der Waals surface area contributed by atoms with Gasteiger partial charge in [0.15, 0.2) is 0 Å². The summed E-state index contributed by atoms with van der Waals surface area (Å²) in [5, 5.41) is 9.39. The number of rotatable bonds is 4. The summed E-state index contributed by atoms with van der Waals surface area (Å²) < 4.78 is 27.0. The molecule has 2 atom stereocenters. The van der Waals surface area contributed by atoms with Crippen LogP contribution in [0.5, 0.6) is 11.5 Å². The lowest BCUT2D eigenvalue weighted by Crippen LogP contribution is -1.91. The molecule has 4 nitrogen and oxygen atoms in total. The minimum atomic E-state index is -2.23. The summed E-state index contributed by atoms with van der Waals surface area (Å²) >= 11 is -2.23. The average molecular weight is 277 g/mol. The molecule has 0 spiro atoms. The molecule has 2 rings (SSSR count). The lowest BCUT2D eigenvalue weighted by molar-refractivity contribution is 0.199. The van der Waals surface area contributed by atoms with Gasteiger partial charge in [0, 0.05) is 4.90 Å². The molecule has 5 heteroatoms. The van der Waals surface area contributed by atoms with Gasteiger partial charge in [-0.05, 0) is 60.0 Å². The van der Waals surface area contributed by atoms with Gasteiger partial charge in [-0.25, -0.2) is 0 Å². The van der Waals surface area contributed by atoms with Crippen LogP contribution in [0.15, 0.2) is 53.4 Å². The first-order valence-corrected chi connectivity index (χ1v) is 6.79. The van der Waals surface area contributed by atoms with Crippen molar-refractivity contribution in [3.8, 4) is 11.5 Å². The lowest BCUT2D eigenvalue weighted by atomic mass is 10.1. The van der Waals surface area contributed by atoms with E-state index in [2.05, 4.69) is 0 Å². The zero-order chi connectivity index (χ0) is 13.8. The number of benzene rings is 2. The molecular weight excluding hydrogens is 264 g/mol. The highest BCUT2D eigenvalue weighted by atomic mass is 32.2. The molecule has 100 valence electrons. The molecule has 0 aliphatic carbocycles. The van der Waals surface area contributed by atoms with Crippen molar-refractivity contribution in [1.29, 1.82) is 0 Å². The van der Waals surface area contributed by atoms with Crippen LogP contribution in [0.3, 0.4) is 0 Å². The van der Waals surface area contributed by atoms with Crippen LogP contribution in [0.2, 0.25) is 0 Å². The van der Waals surface area contributed by atoms with Gasteiger partial charge >= 0.3 is 0 Å². The molecule has 2 unspecified atom stereocenters. The molecule has 0 fully saturated rings. The number of hydrogen-bond acceptors (Lipinski definition) is 4. The number of hydrogen-bond donors (Lipinski definition) is 1. The van der Waals surface area contributed by atoms with Crippen LogP contribution in [0, 0.1) is 0 Å². The maximum atomic E-state index is 10.7. The van der Waals surface area contributed by atoms with Gasteiger partial charge in [0.2, 0.25) is 0 Å². The second kappa shape index (κ2) is 5.97. The summed E-state index contributed by atoms with van der Waals surface area (Å²) in [7, 11) is 0. The molecule has 0 amide bonds. The largest absolute Gasteiger partial charge is 0.768 e. The van der Waals surface area contributed by atoms with Crippen molar-refractivity contribution in [3.05, 3.63) is 54.1 Å². The van der Waals surface area contributed by atoms with Gasteiger partial charge in [0.25, 0.3) is 0 Å². The third kappa shape index (κ3) is 3.64. The normalized spacial score (nSPS) is 13.8. The summed E-state index contributed by atoms with van der Waals surface area (Å²) in [6.45, 7) is 1.69. The molecule has 0 aliphatic rings. The Kier molecular flexibility index (Phi) is 4.31. The third-order valence-electron chi connectivity index (χ3n) is 2.61. The summed E-state index contributed by atoms with van der Waals surface area (Å²) in [6, 6.07) is 13.2. The highest BCUT2D eigenvalue weighted by Crippen LogP contribution is 2.24. The number of aliphatic hydroxyl groups is 1. The smallest absolute Gasteiger partial charge is 0.127 e. The van der Waals surface area contributed by atoms with E-state index in [9.17, 15) is 13.9 Å². The zero-order valence-corrected chi connectivity index (χ0v) is 11.1. The van der Waals surface area contributed by atoms with Crippen molar-refractivity contribution >= 4 is 11.1 Å². The summed E-state index contributed by atoms with van der Waals surface area (Å²) in [4.78, 5) is 0.219. The van der Waals surface area contributed by atoms with Gasteiger partial charge in [-0.1, -0.05) is 12.1 Å². The SMILES string of the molecule is CC(O)c1ccc(Oc2ccc(S(=O)[O-])cc2)cc1. The second-order valence-electron chi connectivity index (χ2n) is 4.05. The van der Waals surface area contributed by atoms with Gasteiger partial charge in [0.1, 0.15) is 11.5 Å². The van der Waals surface area contributed by atoms with Crippen LogP contribution in [-0.2, 0) is 11.1 Å². The van der Waals surface area contributed by atoms with Crippen LogP contribution in [0.1, 0.15) is 18.6 Å². The highest BCUT2D eigenvalue weighted by Gasteiger charge is 2.02. The molecular formula is C14H13O4S-. The van der Waals surface area contributed by atoms with E-state index in [-0.39, 0.29) is 4.90 Å². The van der Waals surface area contributed by atoms with Crippen LogP contribution in [-0.4, -0.2) is 13.9 Å². The summed E-state index contributed by atoms with van der Waals surface area (Å²) in [6.07, 6.45) is -0.514. The monoisotopic (exact) mass is 277 g/mol. The number of aliphatic hydroxyl groups excluding tert-OH is 1. The predicted octanol–water partition coefficient (Wildman–Crippen LogP) is 2.77. The quantitative estimate of drug-likeness (QED) is 0.872. The van der Waals surface area contributed by atoms with Crippen LogP contribution in [0.25, 0.3) is 0 Å². The second-order valence-corrected chi connectivity index (χ2v) is 4.99. The molecule has 1 N–H and O–H groups in total. The fraction of sp³-hybridized carbons (Fsp3) is 0.143. The Balaban J connectivity index is 2.10. The minimum absolute atomic E-state index is 0.219. The summed E-state index contributed by atoms with van der Waals surface area (Å²) in [5.41, 5.74) is 0.810. The topological polar surface area (TPSA) is 69.6 Å². The van der Waals surface area contributed by atoms with Crippen LogP contribution < -0.4 is 4.74 Å². The minimum Gasteiger partial charge on any atom is -0.768 e. The van der Waals surface area contributed by atoms with E-state index in [4.69, 9.17) is 4.74 Å². The molecule has 0 aromatic heterocycles. The Hall–Kier alpha value is -1.69. The van der Waals surface area contributed by atoms with E-state index in [0.717, 1.165) is 5.56 Å². The van der Waals surface area contributed by atoms with Crippen molar-refractivity contribution in [2.24, 2.45) is 0 Å². The van der Waals surface area contributed by atoms with Crippen molar-refractivity contribution in [3.63, 3.8) is 0 Å². The molecule has 0 bridgehead atoms. The van der Waals surface area contributed by atoms with E-state index >= 15 is 0 Å². The van der Waals surface area contributed by atoms with E-state index in [1.165, 1.54) is 12.1 Å². The Labute approximate surface area is 114 Å². The van der Waals surface area contributed by atoms with Gasteiger partial charge in [-0.2, -0.15) is 0 Å². The van der Waals surface area contributed by atoms with E-state index < -0.39 is 17.2 Å². The first kappa shape index (κ1) is 13.7. The Bertz CT molecular complexity index is 561. The summed E-state index contributed by atoms with van der Waals surface area (Å²) in [5.74, 6) is 1.18. The first-order valence-electron chi connectivity index (χ1n) is 5.71. The highest BCUT2D eigenvalue weighted by molar-refractivity contribution is 7.79. The molecule has 0 aliphatic heterocycles. The van der Waals surface area contributed by atoms with Gasteiger partial charge in [-0.3, -0.25) is 4.21 Å². The predicted molar refractivity (Wildman–Crippen MR) is 70.8 cm³/mol. The standard InChI is InChI=1S/C14H14O4S/c1-10(15)11-2-4-12(5-3-11)18-13-6-8-14(9-7-13)19(16)17/h2-10,15H,1H3,(H,16,17)/p-1. The fourth-order valence-electron chi connectivity index (χ4n) is 1.57. The van der Waals surface area contributed by atoms with Crippen molar-refractivity contribution in [2.45, 2.75) is 17.9 Å². The van der Waals surface area contributed by atoms with E-state index in [1.807, 2.05) is 0 Å². The molecule has 2 aromatic rings. The lowest BCUT2D eigenvalue weighted by Gasteiger charge is -2.09. The Morgan fingerprint density at radius 3 is 1.95 bits per heavy atom. The molecule has 0 radical (unpaired) electrons. The fourth-order valence-corrected chi connectivity index (χ4v) is 1.93. The van der Waals surface area contributed by atoms with Gasteiger partial charge < -0.3 is 14.4 Å². The molecule has 0 saturated carbocycles. The van der Waals surface area contributed by atoms with Gasteiger partial charge in [0.05, 0.1) is 6.10 Å². The molecule has 0 heterocycles. The Morgan fingerprint density at radius 1 is 1.05 bits per heavy atom. The van der Waals surface area contributed by atoms with Crippen LogP contribution in [0.4, 0.5) is 0 Å². The molecule has 2 aromatic carbocycles. The maximum Gasteiger partial charge on any atom is 0.127 e. The van der Waals surface area contributed by atoms with E-state index in [0.29, 0.717) is 11.5 Å². The molecule has 0 saturated heterocycles. The van der Waals surface area contributed by atoms with Gasteiger partial charge in [-0.15, -0.1) is 0 Å². The Morgan fingerprint density at radius 2 is 1.53 bits per heavy atom. The first-order chi connectivity index (χ1) is 9.06. The maximum absolute atomic E-state index is 10.7. The number of ether oxygens (including phenoxy) is 1. The average Bonchev–Trinajstić information content (AvgIpc) is 2.40. The zero-order valence-electron chi connectivity index (χ0n) is 10.3. The van der Waals surface area contributed by atoms with Crippen molar-refractivity contribution in [1.82, 2.24) is 0 Å². The van der Waals surface area contributed by atoms with Crippen molar-refractivity contribution in [2.75, 3.05) is 0 Å². The van der Waals surface area contributed by atoms with Crippen molar-refractivity contribution < 1.29 is 18.6 Å². The third-order valence-corrected chi connectivity index (χ3v) is 3.27.